The largest absolute Gasteiger partial charge is 0.329 e. The number of nitrogens with zero attached hydrogens (tertiary/aromatic N) is 1. The quantitative estimate of drug-likeness (QED) is 0.875. The number of amides is 2. The van der Waals surface area contributed by atoms with Crippen molar-refractivity contribution in [2.24, 2.45) is 5.73 Å². The zero-order valence-electron chi connectivity index (χ0n) is 11.6. The average Bonchev–Trinajstić information content (AvgIpc) is 2.92. The molecule has 1 aliphatic carbocycles. The van der Waals surface area contributed by atoms with E-state index in [2.05, 4.69) is 5.32 Å². The molecule has 1 saturated carbocycles. The Hall–Kier alpha value is -1.55. The van der Waals surface area contributed by atoms with Crippen molar-refractivity contribution < 1.29 is 4.79 Å². The first-order valence-electron chi connectivity index (χ1n) is 7.05. The maximum Gasteiger partial charge on any atom is 0.322 e. The minimum absolute atomic E-state index is 0.0267. The highest BCUT2D eigenvalue weighted by molar-refractivity contribution is 5.89. The van der Waals surface area contributed by atoms with Crippen LogP contribution in [0.15, 0.2) is 24.3 Å². The third-order valence-electron chi connectivity index (χ3n) is 3.70. The second-order valence-electron chi connectivity index (χ2n) is 5.22. The van der Waals surface area contributed by atoms with Crippen LogP contribution in [-0.4, -0.2) is 30.1 Å². The standard InChI is InChI=1S/C15H23N3O/c1-12-6-8-13(9-7-12)17-15(19)18(11-10-16)14-4-2-3-5-14/h6-9,14H,2-5,10-11,16H2,1H3,(H,17,19). The molecule has 1 aliphatic rings. The topological polar surface area (TPSA) is 58.4 Å². The van der Waals surface area contributed by atoms with Crippen LogP contribution in [0.4, 0.5) is 10.5 Å². The Morgan fingerprint density at radius 1 is 1.32 bits per heavy atom. The number of hydrogen-bond acceptors (Lipinski definition) is 2. The number of aryl methyl sites for hydroxylation is 1. The van der Waals surface area contributed by atoms with Gasteiger partial charge in [-0.15, -0.1) is 0 Å². The van der Waals surface area contributed by atoms with Gasteiger partial charge in [0, 0.05) is 24.8 Å². The highest BCUT2D eigenvalue weighted by atomic mass is 16.2. The van der Waals surface area contributed by atoms with Gasteiger partial charge in [-0.05, 0) is 31.9 Å². The first-order valence-corrected chi connectivity index (χ1v) is 7.05. The molecular weight excluding hydrogens is 238 g/mol. The fourth-order valence-electron chi connectivity index (χ4n) is 2.64. The second kappa shape index (κ2) is 6.57. The summed E-state index contributed by atoms with van der Waals surface area (Å²) >= 11 is 0. The van der Waals surface area contributed by atoms with Crippen molar-refractivity contribution in [1.82, 2.24) is 4.90 Å². The van der Waals surface area contributed by atoms with Crippen LogP contribution in [0.25, 0.3) is 0 Å². The van der Waals surface area contributed by atoms with Crippen LogP contribution in [0, 0.1) is 6.92 Å². The fourth-order valence-corrected chi connectivity index (χ4v) is 2.64. The van der Waals surface area contributed by atoms with Crippen LogP contribution in [0.3, 0.4) is 0 Å². The summed E-state index contributed by atoms with van der Waals surface area (Å²) in [6.07, 6.45) is 4.62. The first kappa shape index (κ1) is 13.9. The lowest BCUT2D eigenvalue weighted by Crippen LogP contribution is -2.44. The number of benzene rings is 1. The number of hydrogen-bond donors (Lipinski definition) is 2. The van der Waals surface area contributed by atoms with E-state index in [1.807, 2.05) is 36.1 Å². The molecule has 0 atom stereocenters. The van der Waals surface area contributed by atoms with E-state index in [1.165, 1.54) is 18.4 Å². The molecule has 0 saturated heterocycles. The second-order valence-corrected chi connectivity index (χ2v) is 5.22. The van der Waals surface area contributed by atoms with Gasteiger partial charge in [-0.1, -0.05) is 30.5 Å². The summed E-state index contributed by atoms with van der Waals surface area (Å²) in [7, 11) is 0. The minimum Gasteiger partial charge on any atom is -0.329 e. The molecule has 1 aromatic rings. The molecular formula is C15H23N3O. The first-order chi connectivity index (χ1) is 9.20. The lowest BCUT2D eigenvalue weighted by molar-refractivity contribution is 0.190. The Morgan fingerprint density at radius 2 is 1.95 bits per heavy atom. The number of urea groups is 1. The number of anilines is 1. The van der Waals surface area contributed by atoms with Crippen molar-refractivity contribution in [2.75, 3.05) is 18.4 Å². The van der Waals surface area contributed by atoms with Crippen molar-refractivity contribution in [1.29, 1.82) is 0 Å². The van der Waals surface area contributed by atoms with E-state index >= 15 is 0 Å². The SMILES string of the molecule is Cc1ccc(NC(=O)N(CCN)C2CCCC2)cc1. The van der Waals surface area contributed by atoms with E-state index in [0.717, 1.165) is 18.5 Å². The molecule has 0 radical (unpaired) electrons. The Labute approximate surface area is 115 Å². The summed E-state index contributed by atoms with van der Waals surface area (Å²) in [5.74, 6) is 0. The summed E-state index contributed by atoms with van der Waals surface area (Å²) in [6.45, 7) is 3.17. The van der Waals surface area contributed by atoms with E-state index in [9.17, 15) is 4.79 Å². The van der Waals surface area contributed by atoms with E-state index in [0.29, 0.717) is 19.1 Å². The van der Waals surface area contributed by atoms with Crippen LogP contribution in [0.2, 0.25) is 0 Å². The molecule has 0 bridgehead atoms. The minimum atomic E-state index is -0.0267. The van der Waals surface area contributed by atoms with Gasteiger partial charge in [0.25, 0.3) is 0 Å². The van der Waals surface area contributed by atoms with Crippen LogP contribution in [0.1, 0.15) is 31.2 Å². The van der Waals surface area contributed by atoms with Crippen molar-refractivity contribution >= 4 is 11.7 Å². The predicted molar refractivity (Wildman–Crippen MR) is 78.2 cm³/mol. The highest BCUT2D eigenvalue weighted by Gasteiger charge is 2.25. The van der Waals surface area contributed by atoms with Gasteiger partial charge in [0.15, 0.2) is 0 Å². The summed E-state index contributed by atoms with van der Waals surface area (Å²) in [4.78, 5) is 14.2. The number of carbonyl (C=O) groups is 1. The number of nitrogens with one attached hydrogen (secondary N) is 1. The number of carbonyl (C=O) groups excluding carboxylic acids is 1. The Balaban J connectivity index is 2.00. The molecule has 4 nitrogen and oxygen atoms in total. The molecule has 1 aromatic carbocycles. The Morgan fingerprint density at radius 3 is 2.53 bits per heavy atom. The number of nitrogens with two attached hydrogens (primary N) is 1. The van der Waals surface area contributed by atoms with E-state index in [-0.39, 0.29) is 6.03 Å². The van der Waals surface area contributed by atoms with Gasteiger partial charge in [0.1, 0.15) is 0 Å². The molecule has 0 aliphatic heterocycles. The van der Waals surface area contributed by atoms with Crippen molar-refractivity contribution in [3.05, 3.63) is 29.8 Å². The van der Waals surface area contributed by atoms with E-state index in [4.69, 9.17) is 5.73 Å². The van der Waals surface area contributed by atoms with Gasteiger partial charge >= 0.3 is 6.03 Å². The van der Waals surface area contributed by atoms with Crippen molar-refractivity contribution in [2.45, 2.75) is 38.6 Å². The van der Waals surface area contributed by atoms with Crippen LogP contribution in [0.5, 0.6) is 0 Å². The molecule has 0 aromatic heterocycles. The Bertz CT molecular complexity index is 410. The molecule has 0 unspecified atom stereocenters. The molecule has 1 fully saturated rings. The summed E-state index contributed by atoms with van der Waals surface area (Å²) in [6, 6.07) is 8.19. The summed E-state index contributed by atoms with van der Waals surface area (Å²) in [5, 5.41) is 2.96. The average molecular weight is 261 g/mol. The maximum atomic E-state index is 12.3. The smallest absolute Gasteiger partial charge is 0.322 e. The van der Waals surface area contributed by atoms with Gasteiger partial charge in [0.2, 0.25) is 0 Å². The molecule has 104 valence electrons. The van der Waals surface area contributed by atoms with Crippen LogP contribution >= 0.6 is 0 Å². The monoisotopic (exact) mass is 261 g/mol. The molecule has 19 heavy (non-hydrogen) atoms. The molecule has 0 heterocycles. The normalized spacial score (nSPS) is 15.5. The Kier molecular flexibility index (Phi) is 4.80. The maximum absolute atomic E-state index is 12.3. The van der Waals surface area contributed by atoms with Crippen LogP contribution in [-0.2, 0) is 0 Å². The lowest BCUT2D eigenvalue weighted by atomic mass is 10.2. The van der Waals surface area contributed by atoms with Crippen molar-refractivity contribution in [3.8, 4) is 0 Å². The zero-order chi connectivity index (χ0) is 13.7. The van der Waals surface area contributed by atoms with Gasteiger partial charge in [0.05, 0.1) is 0 Å². The molecule has 3 N–H and O–H groups in total. The molecule has 2 rings (SSSR count). The summed E-state index contributed by atoms with van der Waals surface area (Å²) < 4.78 is 0. The van der Waals surface area contributed by atoms with Gasteiger partial charge in [-0.25, -0.2) is 4.79 Å². The zero-order valence-corrected chi connectivity index (χ0v) is 11.6. The van der Waals surface area contributed by atoms with Gasteiger partial charge in [-0.2, -0.15) is 0 Å². The molecule has 0 spiro atoms. The van der Waals surface area contributed by atoms with Gasteiger partial charge in [-0.3, -0.25) is 0 Å². The van der Waals surface area contributed by atoms with Crippen molar-refractivity contribution in [3.63, 3.8) is 0 Å². The van der Waals surface area contributed by atoms with Gasteiger partial charge < -0.3 is 16.0 Å². The predicted octanol–water partition coefficient (Wildman–Crippen LogP) is 2.73. The molecule has 4 heteroatoms. The lowest BCUT2D eigenvalue weighted by Gasteiger charge is -2.28. The number of rotatable bonds is 4. The third-order valence-corrected chi connectivity index (χ3v) is 3.70. The fraction of sp³-hybridized carbons (Fsp3) is 0.533. The highest BCUT2D eigenvalue weighted by Crippen LogP contribution is 2.24. The van der Waals surface area contributed by atoms with Crippen LogP contribution < -0.4 is 11.1 Å². The van der Waals surface area contributed by atoms with E-state index < -0.39 is 0 Å². The summed E-state index contributed by atoms with van der Waals surface area (Å²) in [5.41, 5.74) is 7.66. The van der Waals surface area contributed by atoms with E-state index in [1.54, 1.807) is 0 Å². The third kappa shape index (κ3) is 3.70. The molecule has 2 amide bonds.